The maximum absolute atomic E-state index is 12.2. The van der Waals surface area contributed by atoms with Crippen LogP contribution in [0.1, 0.15) is 37.0 Å². The van der Waals surface area contributed by atoms with Crippen LogP contribution >= 0.6 is 0 Å². The molecule has 0 spiro atoms. The topological polar surface area (TPSA) is 79.0 Å². The van der Waals surface area contributed by atoms with Gasteiger partial charge < -0.3 is 15.0 Å². The van der Waals surface area contributed by atoms with Gasteiger partial charge >= 0.3 is 5.97 Å². The predicted molar refractivity (Wildman–Crippen MR) is 99.0 cm³/mol. The first-order valence-corrected chi connectivity index (χ1v) is 9.04. The molecule has 0 atom stereocenters. The van der Waals surface area contributed by atoms with E-state index in [1.165, 1.54) is 0 Å². The minimum absolute atomic E-state index is 0.0717. The fraction of sp³-hybridized carbons (Fsp3) is 0.526. The number of amides is 2. The lowest BCUT2D eigenvalue weighted by Gasteiger charge is -2.33. The normalized spacial score (nSPS) is 14.8. The number of benzene rings is 1. The van der Waals surface area contributed by atoms with E-state index in [-0.39, 0.29) is 24.3 Å². The van der Waals surface area contributed by atoms with E-state index in [0.717, 1.165) is 12.8 Å². The molecule has 2 amide bonds. The van der Waals surface area contributed by atoms with Gasteiger partial charge in [-0.3, -0.25) is 14.5 Å². The van der Waals surface area contributed by atoms with E-state index in [0.29, 0.717) is 44.0 Å². The van der Waals surface area contributed by atoms with E-state index in [4.69, 9.17) is 4.74 Å². The molecule has 26 heavy (non-hydrogen) atoms. The van der Waals surface area contributed by atoms with Crippen LogP contribution in [0, 0.1) is 0 Å². The number of nitrogens with one attached hydrogen (secondary N) is 1. The summed E-state index contributed by atoms with van der Waals surface area (Å²) in [6.07, 6.45) is 1.82. The van der Waals surface area contributed by atoms with Gasteiger partial charge in [0.25, 0.3) is 0 Å². The Morgan fingerprint density at radius 3 is 2.31 bits per heavy atom. The van der Waals surface area contributed by atoms with Crippen molar-refractivity contribution in [1.82, 2.24) is 9.80 Å². The average Bonchev–Trinajstić information content (AvgIpc) is 2.62. The molecule has 1 aliphatic rings. The summed E-state index contributed by atoms with van der Waals surface area (Å²) < 4.78 is 5.15. The summed E-state index contributed by atoms with van der Waals surface area (Å²) in [6.45, 7) is 6.98. The number of rotatable bonds is 7. The largest absolute Gasteiger partial charge is 0.462 e. The van der Waals surface area contributed by atoms with Crippen LogP contribution in [-0.2, 0) is 14.3 Å². The molecular weight excluding hydrogens is 334 g/mol. The molecule has 0 unspecified atom stereocenters. The van der Waals surface area contributed by atoms with Crippen LogP contribution in [0.2, 0.25) is 0 Å². The molecule has 7 heteroatoms. The molecule has 7 nitrogen and oxygen atoms in total. The monoisotopic (exact) mass is 361 g/mol. The summed E-state index contributed by atoms with van der Waals surface area (Å²) in [7, 11) is 0. The minimum Gasteiger partial charge on any atom is -0.462 e. The molecular formula is C19H27N3O4. The third-order valence-electron chi connectivity index (χ3n) is 4.32. The highest BCUT2D eigenvalue weighted by molar-refractivity contribution is 5.94. The second-order valence-corrected chi connectivity index (χ2v) is 6.40. The Hall–Kier alpha value is -2.41. The number of hydrogen-bond acceptors (Lipinski definition) is 5. The van der Waals surface area contributed by atoms with Crippen molar-refractivity contribution in [1.29, 1.82) is 0 Å². The number of unbranched alkanes of at least 4 members (excludes halogenated alkanes) is 1. The Kier molecular flexibility index (Phi) is 7.59. The number of esters is 1. The quantitative estimate of drug-likeness (QED) is 0.591. The van der Waals surface area contributed by atoms with E-state index < -0.39 is 0 Å². The SMILES string of the molecule is CCCCOC(=O)c1ccc(NC(=O)CN2CCN(C(C)=O)CC2)cc1. The van der Waals surface area contributed by atoms with Gasteiger partial charge in [0.1, 0.15) is 0 Å². The van der Waals surface area contributed by atoms with Gasteiger partial charge in [-0.05, 0) is 30.7 Å². The molecule has 1 saturated heterocycles. The molecule has 1 fully saturated rings. The lowest BCUT2D eigenvalue weighted by atomic mass is 10.2. The number of ether oxygens (including phenoxy) is 1. The summed E-state index contributed by atoms with van der Waals surface area (Å²) in [5, 5.41) is 2.83. The molecule has 0 aromatic heterocycles. The molecule has 142 valence electrons. The van der Waals surface area contributed by atoms with E-state index in [1.807, 2.05) is 11.8 Å². The standard InChI is InChI=1S/C19H27N3O4/c1-3-4-13-26-19(25)16-5-7-17(8-6-16)20-18(24)14-21-9-11-22(12-10-21)15(2)23/h5-8H,3-4,9-14H2,1-2H3,(H,20,24). The molecule has 0 radical (unpaired) electrons. The maximum Gasteiger partial charge on any atom is 0.338 e. The number of hydrogen-bond donors (Lipinski definition) is 1. The van der Waals surface area contributed by atoms with Crippen LogP contribution < -0.4 is 5.32 Å². The van der Waals surface area contributed by atoms with Gasteiger partial charge in [-0.2, -0.15) is 0 Å². The Morgan fingerprint density at radius 2 is 1.73 bits per heavy atom. The molecule has 2 rings (SSSR count). The molecule has 1 N–H and O–H groups in total. The van der Waals surface area contributed by atoms with Crippen molar-refractivity contribution in [2.75, 3.05) is 44.6 Å². The first-order chi connectivity index (χ1) is 12.5. The van der Waals surface area contributed by atoms with Gasteiger partial charge in [-0.25, -0.2) is 4.79 Å². The zero-order valence-electron chi connectivity index (χ0n) is 15.5. The van der Waals surface area contributed by atoms with E-state index in [2.05, 4.69) is 5.32 Å². The summed E-state index contributed by atoms with van der Waals surface area (Å²) in [5.74, 6) is -0.387. The van der Waals surface area contributed by atoms with E-state index in [1.54, 1.807) is 36.1 Å². The number of piperazine rings is 1. The van der Waals surface area contributed by atoms with Gasteiger partial charge in [0.05, 0.1) is 18.7 Å². The van der Waals surface area contributed by atoms with Gasteiger partial charge in [0.2, 0.25) is 11.8 Å². The maximum atomic E-state index is 12.2. The van der Waals surface area contributed by atoms with Gasteiger partial charge in [0.15, 0.2) is 0 Å². The van der Waals surface area contributed by atoms with Gasteiger partial charge in [-0.15, -0.1) is 0 Å². The number of carbonyl (C=O) groups excluding carboxylic acids is 3. The number of nitrogens with zero attached hydrogens (tertiary/aromatic N) is 2. The second kappa shape index (κ2) is 9.91. The van der Waals surface area contributed by atoms with Crippen LogP contribution in [0.4, 0.5) is 5.69 Å². The predicted octanol–water partition coefficient (Wildman–Crippen LogP) is 1.75. The molecule has 0 bridgehead atoms. The van der Waals surface area contributed by atoms with Crippen LogP contribution in [0.15, 0.2) is 24.3 Å². The summed E-state index contributed by atoms with van der Waals surface area (Å²) in [4.78, 5) is 39.1. The van der Waals surface area contributed by atoms with Crippen molar-refractivity contribution in [3.63, 3.8) is 0 Å². The van der Waals surface area contributed by atoms with Crippen molar-refractivity contribution >= 4 is 23.5 Å². The van der Waals surface area contributed by atoms with E-state index in [9.17, 15) is 14.4 Å². The van der Waals surface area contributed by atoms with Crippen molar-refractivity contribution < 1.29 is 19.1 Å². The first-order valence-electron chi connectivity index (χ1n) is 9.04. The first kappa shape index (κ1) is 19.9. The molecule has 1 heterocycles. The Labute approximate surface area is 154 Å². The highest BCUT2D eigenvalue weighted by atomic mass is 16.5. The average molecular weight is 361 g/mol. The van der Waals surface area contributed by atoms with Crippen molar-refractivity contribution in [3.05, 3.63) is 29.8 Å². The third-order valence-corrected chi connectivity index (χ3v) is 4.32. The van der Waals surface area contributed by atoms with Crippen molar-refractivity contribution in [3.8, 4) is 0 Å². The van der Waals surface area contributed by atoms with Gasteiger partial charge in [-0.1, -0.05) is 13.3 Å². The van der Waals surface area contributed by atoms with Crippen molar-refractivity contribution in [2.24, 2.45) is 0 Å². The Morgan fingerprint density at radius 1 is 1.08 bits per heavy atom. The second-order valence-electron chi connectivity index (χ2n) is 6.40. The highest BCUT2D eigenvalue weighted by Gasteiger charge is 2.20. The molecule has 1 aromatic rings. The van der Waals surface area contributed by atoms with Crippen LogP contribution in [-0.4, -0.2) is 66.9 Å². The van der Waals surface area contributed by atoms with E-state index >= 15 is 0 Å². The Balaban J connectivity index is 1.77. The molecule has 1 aromatic carbocycles. The zero-order valence-corrected chi connectivity index (χ0v) is 15.5. The fourth-order valence-electron chi connectivity index (χ4n) is 2.71. The lowest BCUT2D eigenvalue weighted by molar-refractivity contribution is -0.130. The van der Waals surface area contributed by atoms with Crippen molar-refractivity contribution in [2.45, 2.75) is 26.7 Å². The highest BCUT2D eigenvalue weighted by Crippen LogP contribution is 2.11. The summed E-state index contributed by atoms with van der Waals surface area (Å²) in [5.41, 5.74) is 1.11. The zero-order chi connectivity index (χ0) is 18.9. The fourth-order valence-corrected chi connectivity index (χ4v) is 2.71. The smallest absolute Gasteiger partial charge is 0.338 e. The molecule has 0 saturated carbocycles. The summed E-state index contributed by atoms with van der Waals surface area (Å²) in [6, 6.07) is 6.69. The molecule has 0 aliphatic carbocycles. The van der Waals surface area contributed by atoms with Crippen LogP contribution in [0.25, 0.3) is 0 Å². The third kappa shape index (κ3) is 6.15. The Bertz CT molecular complexity index is 622. The number of anilines is 1. The lowest BCUT2D eigenvalue weighted by Crippen LogP contribution is -2.49. The molecule has 1 aliphatic heterocycles. The summed E-state index contributed by atoms with van der Waals surface area (Å²) >= 11 is 0. The number of carbonyl (C=O) groups is 3. The van der Waals surface area contributed by atoms with Crippen LogP contribution in [0.5, 0.6) is 0 Å². The van der Waals surface area contributed by atoms with Gasteiger partial charge in [0, 0.05) is 38.8 Å². The minimum atomic E-state index is -0.348. The van der Waals surface area contributed by atoms with Crippen LogP contribution in [0.3, 0.4) is 0 Å².